The van der Waals surface area contributed by atoms with E-state index in [1.54, 1.807) is 14.2 Å². The zero-order valence-electron chi connectivity index (χ0n) is 15.3. The van der Waals surface area contributed by atoms with Gasteiger partial charge < -0.3 is 20.7 Å². The van der Waals surface area contributed by atoms with Crippen LogP contribution in [0.5, 0.6) is 5.75 Å². The fraction of sp³-hybridized carbons (Fsp3) is 0.579. The lowest BCUT2D eigenvalue weighted by atomic mass is 10.0. The van der Waals surface area contributed by atoms with E-state index >= 15 is 0 Å². The number of methoxy groups -OCH3 is 1. The first kappa shape index (κ1) is 19.1. The number of hydrogen-bond donors (Lipinski definition) is 3. The molecule has 0 aliphatic heterocycles. The van der Waals surface area contributed by atoms with E-state index in [0.717, 1.165) is 11.3 Å². The smallest absolute Gasteiger partial charge is 0.220 e. The van der Waals surface area contributed by atoms with Gasteiger partial charge in [0.1, 0.15) is 5.75 Å². The summed E-state index contributed by atoms with van der Waals surface area (Å²) >= 11 is 0. The molecule has 0 unspecified atom stereocenters. The Morgan fingerprint density at radius 3 is 2.68 bits per heavy atom. The van der Waals surface area contributed by atoms with Gasteiger partial charge in [-0.1, -0.05) is 25.0 Å². The maximum absolute atomic E-state index is 11.9. The highest BCUT2D eigenvalue weighted by molar-refractivity contribution is 5.80. The molecule has 1 fully saturated rings. The molecule has 0 bridgehead atoms. The van der Waals surface area contributed by atoms with Gasteiger partial charge in [0, 0.05) is 33.1 Å². The van der Waals surface area contributed by atoms with Crippen molar-refractivity contribution in [2.75, 3.05) is 27.2 Å². The molecule has 138 valence electrons. The Labute approximate surface area is 150 Å². The van der Waals surface area contributed by atoms with Gasteiger partial charge in [0.2, 0.25) is 5.91 Å². The van der Waals surface area contributed by atoms with E-state index in [2.05, 4.69) is 20.9 Å². The molecule has 1 saturated carbocycles. The first-order valence-electron chi connectivity index (χ1n) is 9.05. The Morgan fingerprint density at radius 2 is 1.96 bits per heavy atom. The number of carbonyl (C=O) groups is 1. The molecule has 6 nitrogen and oxygen atoms in total. The van der Waals surface area contributed by atoms with Crippen LogP contribution in [0.25, 0.3) is 0 Å². The molecule has 1 aromatic rings. The molecule has 1 aliphatic carbocycles. The highest BCUT2D eigenvalue weighted by atomic mass is 16.5. The second kappa shape index (κ2) is 10.6. The van der Waals surface area contributed by atoms with E-state index in [9.17, 15) is 4.79 Å². The number of nitrogens with one attached hydrogen (secondary N) is 3. The quantitative estimate of drug-likeness (QED) is 0.383. The van der Waals surface area contributed by atoms with Crippen LogP contribution >= 0.6 is 0 Å². The van der Waals surface area contributed by atoms with Gasteiger partial charge in [0.05, 0.1) is 7.11 Å². The average molecular weight is 346 g/mol. The Balaban J connectivity index is 1.62. The van der Waals surface area contributed by atoms with Crippen LogP contribution in [-0.2, 0) is 11.3 Å². The van der Waals surface area contributed by atoms with Crippen molar-refractivity contribution < 1.29 is 9.53 Å². The van der Waals surface area contributed by atoms with E-state index in [0.29, 0.717) is 37.9 Å². The summed E-state index contributed by atoms with van der Waals surface area (Å²) < 4.78 is 5.22. The Morgan fingerprint density at radius 1 is 1.20 bits per heavy atom. The Hall–Kier alpha value is -2.24. The second-order valence-electron chi connectivity index (χ2n) is 6.41. The molecule has 1 amide bonds. The summed E-state index contributed by atoms with van der Waals surface area (Å²) in [4.78, 5) is 16.1. The topological polar surface area (TPSA) is 74.8 Å². The fourth-order valence-corrected chi connectivity index (χ4v) is 3.12. The van der Waals surface area contributed by atoms with Crippen molar-refractivity contribution in [1.29, 1.82) is 0 Å². The van der Waals surface area contributed by atoms with Gasteiger partial charge in [-0.15, -0.1) is 0 Å². The third-order valence-corrected chi connectivity index (χ3v) is 4.51. The van der Waals surface area contributed by atoms with Crippen LogP contribution < -0.4 is 20.7 Å². The molecule has 0 spiro atoms. The van der Waals surface area contributed by atoms with Crippen LogP contribution in [-0.4, -0.2) is 39.1 Å². The van der Waals surface area contributed by atoms with Gasteiger partial charge in [0.15, 0.2) is 5.96 Å². The standard InChI is InChI=1S/C19H30N4O2/c1-20-19(23-14-16-8-5-9-17(12-16)25-2)22-11-10-21-18(24)13-15-6-3-4-7-15/h5,8-9,12,15H,3-4,6-7,10-11,13-14H2,1-2H3,(H,21,24)(H2,20,22,23). The molecule has 1 aromatic carbocycles. The van der Waals surface area contributed by atoms with Gasteiger partial charge in [-0.25, -0.2) is 0 Å². The lowest BCUT2D eigenvalue weighted by Crippen LogP contribution is -2.41. The maximum atomic E-state index is 11.9. The number of guanidine groups is 1. The third-order valence-electron chi connectivity index (χ3n) is 4.51. The molecule has 0 saturated heterocycles. The first-order valence-corrected chi connectivity index (χ1v) is 9.05. The molecule has 1 aliphatic rings. The minimum Gasteiger partial charge on any atom is -0.497 e. The van der Waals surface area contributed by atoms with Gasteiger partial charge in [-0.2, -0.15) is 0 Å². The summed E-state index contributed by atoms with van der Waals surface area (Å²) in [5, 5.41) is 9.44. The fourth-order valence-electron chi connectivity index (χ4n) is 3.12. The molecule has 3 N–H and O–H groups in total. The van der Waals surface area contributed by atoms with Crippen LogP contribution in [0.2, 0.25) is 0 Å². The zero-order chi connectivity index (χ0) is 17.9. The van der Waals surface area contributed by atoms with Gasteiger partial charge in [-0.3, -0.25) is 9.79 Å². The Bertz CT molecular complexity index is 568. The predicted octanol–water partition coefficient (Wildman–Crippen LogP) is 2.06. The normalized spacial score (nSPS) is 15.0. The van der Waals surface area contributed by atoms with E-state index in [1.165, 1.54) is 25.7 Å². The van der Waals surface area contributed by atoms with Gasteiger partial charge >= 0.3 is 0 Å². The number of carbonyl (C=O) groups excluding carboxylic acids is 1. The van der Waals surface area contributed by atoms with Gasteiger partial charge in [0.25, 0.3) is 0 Å². The van der Waals surface area contributed by atoms with Crippen molar-refractivity contribution in [2.45, 2.75) is 38.6 Å². The predicted molar refractivity (Wildman–Crippen MR) is 101 cm³/mol. The number of rotatable bonds is 8. The Kier molecular flexibility index (Phi) is 8.09. The van der Waals surface area contributed by atoms with E-state index in [-0.39, 0.29) is 5.91 Å². The molecule has 2 rings (SSSR count). The minimum atomic E-state index is 0.160. The zero-order valence-corrected chi connectivity index (χ0v) is 15.3. The summed E-state index contributed by atoms with van der Waals surface area (Å²) in [5.41, 5.74) is 1.12. The molecular formula is C19H30N4O2. The van der Waals surface area contributed by atoms with Crippen molar-refractivity contribution in [3.05, 3.63) is 29.8 Å². The monoisotopic (exact) mass is 346 g/mol. The largest absolute Gasteiger partial charge is 0.497 e. The van der Waals surface area contributed by atoms with Crippen molar-refractivity contribution in [3.8, 4) is 5.75 Å². The number of benzene rings is 1. The van der Waals surface area contributed by atoms with Crippen molar-refractivity contribution in [3.63, 3.8) is 0 Å². The van der Waals surface area contributed by atoms with E-state index in [1.807, 2.05) is 24.3 Å². The lowest BCUT2D eigenvalue weighted by molar-refractivity contribution is -0.121. The van der Waals surface area contributed by atoms with Crippen LogP contribution in [0.1, 0.15) is 37.7 Å². The average Bonchev–Trinajstić information content (AvgIpc) is 3.14. The second-order valence-corrected chi connectivity index (χ2v) is 6.41. The van der Waals surface area contributed by atoms with Crippen molar-refractivity contribution >= 4 is 11.9 Å². The number of ether oxygens (including phenoxy) is 1. The van der Waals surface area contributed by atoms with Crippen LogP contribution in [0.3, 0.4) is 0 Å². The molecular weight excluding hydrogens is 316 g/mol. The van der Waals surface area contributed by atoms with Crippen molar-refractivity contribution in [2.24, 2.45) is 10.9 Å². The molecule has 0 atom stereocenters. The summed E-state index contributed by atoms with van der Waals surface area (Å²) in [7, 11) is 3.40. The molecule has 0 heterocycles. The number of hydrogen-bond acceptors (Lipinski definition) is 3. The van der Waals surface area contributed by atoms with Crippen LogP contribution in [0, 0.1) is 5.92 Å². The van der Waals surface area contributed by atoms with Crippen LogP contribution in [0.4, 0.5) is 0 Å². The molecule has 6 heteroatoms. The molecule has 0 radical (unpaired) electrons. The third kappa shape index (κ3) is 7.03. The van der Waals surface area contributed by atoms with Crippen molar-refractivity contribution in [1.82, 2.24) is 16.0 Å². The molecule has 0 aromatic heterocycles. The maximum Gasteiger partial charge on any atom is 0.220 e. The van der Waals surface area contributed by atoms with Crippen LogP contribution in [0.15, 0.2) is 29.3 Å². The SMILES string of the molecule is CN=C(NCCNC(=O)CC1CCCC1)NCc1cccc(OC)c1. The van der Waals surface area contributed by atoms with E-state index < -0.39 is 0 Å². The summed E-state index contributed by atoms with van der Waals surface area (Å²) in [6.45, 7) is 1.91. The number of nitrogens with zero attached hydrogens (tertiary/aromatic N) is 1. The summed E-state index contributed by atoms with van der Waals surface area (Å²) in [5.74, 6) is 2.30. The lowest BCUT2D eigenvalue weighted by Gasteiger charge is -2.13. The van der Waals surface area contributed by atoms with E-state index in [4.69, 9.17) is 4.74 Å². The minimum absolute atomic E-state index is 0.160. The summed E-state index contributed by atoms with van der Waals surface area (Å²) in [6.07, 6.45) is 5.62. The highest BCUT2D eigenvalue weighted by Gasteiger charge is 2.17. The van der Waals surface area contributed by atoms with Gasteiger partial charge in [-0.05, 0) is 36.5 Å². The number of aliphatic imine (C=N–C) groups is 1. The number of amides is 1. The first-order chi connectivity index (χ1) is 12.2. The summed E-state index contributed by atoms with van der Waals surface area (Å²) in [6, 6.07) is 7.91. The molecule has 25 heavy (non-hydrogen) atoms. The highest BCUT2D eigenvalue weighted by Crippen LogP contribution is 2.27.